The van der Waals surface area contributed by atoms with Crippen molar-refractivity contribution in [3.8, 4) is 17.2 Å². The van der Waals surface area contributed by atoms with Gasteiger partial charge in [-0.3, -0.25) is 0 Å². The van der Waals surface area contributed by atoms with Crippen LogP contribution in [0, 0.1) is 5.92 Å². The maximum Gasteiger partial charge on any atom is 0.387 e. The third kappa shape index (κ3) is 8.21. The Morgan fingerprint density at radius 2 is 1.81 bits per heavy atom. The van der Waals surface area contributed by atoms with Gasteiger partial charge in [0.1, 0.15) is 16.1 Å². The van der Waals surface area contributed by atoms with Crippen LogP contribution in [0.2, 0.25) is 10.0 Å². The van der Waals surface area contributed by atoms with Crippen LogP contribution in [0.3, 0.4) is 0 Å². The summed E-state index contributed by atoms with van der Waals surface area (Å²) in [5, 5.41) is 3.52. The van der Waals surface area contributed by atoms with Gasteiger partial charge in [0, 0.05) is 36.7 Å². The van der Waals surface area contributed by atoms with Gasteiger partial charge in [0.05, 0.1) is 17.2 Å². The van der Waals surface area contributed by atoms with Crippen LogP contribution < -0.4 is 14.5 Å². The number of hydrogen-bond acceptors (Lipinski definition) is 9. The number of sulfonamides is 1. The van der Waals surface area contributed by atoms with Crippen LogP contribution in [0.25, 0.3) is 5.69 Å². The first kappa shape index (κ1) is 35.8. The van der Waals surface area contributed by atoms with Crippen LogP contribution >= 0.6 is 35.0 Å². The molecule has 2 aliphatic rings. The Balaban J connectivity index is 0.00000451. The lowest BCUT2D eigenvalue weighted by Crippen LogP contribution is -2.40. The zero-order valence-corrected chi connectivity index (χ0v) is 28.2. The van der Waals surface area contributed by atoms with Gasteiger partial charge in [0.2, 0.25) is 10.0 Å². The third-order valence-electron chi connectivity index (χ3n) is 7.63. The second kappa shape index (κ2) is 15.4. The van der Waals surface area contributed by atoms with Gasteiger partial charge in [-0.05, 0) is 66.8 Å². The van der Waals surface area contributed by atoms with Crippen LogP contribution in [0.4, 0.5) is 8.78 Å². The molecule has 1 saturated heterocycles. The number of aromatic amines is 1. The largest absolute Gasteiger partial charge is 0.870 e. The smallest absolute Gasteiger partial charge is 0.387 e. The van der Waals surface area contributed by atoms with E-state index in [1.165, 1.54) is 42.7 Å². The zero-order chi connectivity index (χ0) is 33.1. The molecule has 2 atom stereocenters. The lowest BCUT2D eigenvalue weighted by molar-refractivity contribution is -0.377. The Bertz CT molecular complexity index is 1810. The molecule has 1 aliphatic carbocycles. The highest BCUT2D eigenvalue weighted by Gasteiger charge is 2.42. The normalized spacial score (nSPS) is 17.1. The summed E-state index contributed by atoms with van der Waals surface area (Å²) in [5.41, 5.74) is 1.52. The molecule has 0 radical (unpaired) electrons. The van der Waals surface area contributed by atoms with Crippen LogP contribution in [0.5, 0.6) is 11.5 Å². The molecule has 2 aromatic heterocycles. The number of halogens is 4. The highest BCUT2D eigenvalue weighted by Crippen LogP contribution is 2.39. The fourth-order valence-corrected chi connectivity index (χ4v) is 8.60. The van der Waals surface area contributed by atoms with E-state index in [2.05, 4.69) is 14.8 Å². The molecule has 4 aromatic rings. The van der Waals surface area contributed by atoms with Crippen molar-refractivity contribution in [2.45, 2.75) is 42.2 Å². The molecular weight excluding hydrogens is 713 g/mol. The van der Waals surface area contributed by atoms with Crippen molar-refractivity contribution in [1.82, 2.24) is 14.1 Å². The fourth-order valence-electron chi connectivity index (χ4n) is 5.02. The number of pyridine rings is 1. The van der Waals surface area contributed by atoms with E-state index >= 15 is 0 Å². The molecule has 2 aromatic carbocycles. The maximum atomic E-state index is 13.8. The van der Waals surface area contributed by atoms with Crippen molar-refractivity contribution in [2.75, 3.05) is 18.9 Å². The first-order valence-electron chi connectivity index (χ1n) is 14.6. The molecule has 1 saturated carbocycles. The molecule has 48 heavy (non-hydrogen) atoms. The minimum absolute atomic E-state index is 0. The summed E-state index contributed by atoms with van der Waals surface area (Å²) < 4.78 is 73.1. The lowest BCUT2D eigenvalue weighted by atomic mass is 10.0. The van der Waals surface area contributed by atoms with E-state index in [4.69, 9.17) is 32.7 Å². The molecular formula is C31H30Cl2F2N4O7S2. The summed E-state index contributed by atoms with van der Waals surface area (Å²) in [5.74, 6) is -0.231. The second-order valence-corrected chi connectivity index (χ2v) is 14.8. The van der Waals surface area contributed by atoms with Crippen molar-refractivity contribution < 1.29 is 46.7 Å². The van der Waals surface area contributed by atoms with Crippen molar-refractivity contribution in [2.24, 2.45) is 5.92 Å². The molecule has 11 nitrogen and oxygen atoms in total. The molecule has 17 heteroatoms. The number of benzene rings is 2. The SMILES string of the molecule is O=C(O[C@@H](Cc1c(Cl)c[nH+]cc1Cl)c1ccc(OC(F)F)c(OCC2CC2)c1)[C@@H]1SCCN1S(=O)(=O)c1ccc(-n2cccn2)cc1.[OH-]. The van der Waals surface area contributed by atoms with Gasteiger partial charge >= 0.3 is 12.6 Å². The van der Waals surface area contributed by atoms with E-state index in [1.54, 1.807) is 35.3 Å². The van der Waals surface area contributed by atoms with Crippen LogP contribution in [0.1, 0.15) is 30.1 Å². The third-order valence-corrected chi connectivity index (χ3v) is 11.5. The van der Waals surface area contributed by atoms with Crippen molar-refractivity contribution >= 4 is 51.0 Å². The monoisotopic (exact) mass is 742 g/mol. The van der Waals surface area contributed by atoms with Gasteiger partial charge in [-0.15, -0.1) is 11.8 Å². The van der Waals surface area contributed by atoms with Gasteiger partial charge in [-0.1, -0.05) is 29.3 Å². The maximum absolute atomic E-state index is 13.8. The molecule has 256 valence electrons. The zero-order valence-electron chi connectivity index (χ0n) is 25.0. The molecule has 0 unspecified atom stereocenters. The fraction of sp³-hybridized carbons (Fsp3) is 0.323. The van der Waals surface area contributed by atoms with E-state index in [0.29, 0.717) is 35.1 Å². The van der Waals surface area contributed by atoms with E-state index in [0.717, 1.165) is 28.9 Å². The van der Waals surface area contributed by atoms with Crippen molar-refractivity contribution in [1.29, 1.82) is 0 Å². The summed E-state index contributed by atoms with van der Waals surface area (Å²) >= 11 is 14.0. The predicted molar refractivity (Wildman–Crippen MR) is 172 cm³/mol. The van der Waals surface area contributed by atoms with Gasteiger partial charge in [-0.2, -0.15) is 18.2 Å². The van der Waals surface area contributed by atoms with Crippen molar-refractivity contribution in [3.63, 3.8) is 0 Å². The first-order valence-corrected chi connectivity index (χ1v) is 17.8. The number of rotatable bonds is 13. The number of ether oxygens (including phenoxy) is 3. The van der Waals surface area contributed by atoms with Crippen LogP contribution in [-0.2, 0) is 26.0 Å². The Hall–Kier alpha value is -3.47. The standard InChI is InChI=1S/C31H28Cl2F2N4O6S2.H2O/c32-24-16-36-17-25(33)23(24)15-27(20-4-9-26(45-31(34)35)28(14-20)43-18-19-2-3-19)44-30(40)29-39(12-13-46-29)47(41,42)22-7-5-21(6-8-22)38-11-1-10-37-38;/h1,4-11,14,16-17,19,27,29,31H,2-3,12-13,15,18H2;1H2/t27-,29-;/m0./s1. The summed E-state index contributed by atoms with van der Waals surface area (Å²) in [6.07, 6.45) is 7.27. The average Bonchev–Trinajstić information content (AvgIpc) is 3.46. The number of nitrogens with one attached hydrogen (secondary N) is 1. The van der Waals surface area contributed by atoms with E-state index < -0.39 is 34.1 Å². The van der Waals surface area contributed by atoms with Gasteiger partial charge in [0.25, 0.3) is 0 Å². The molecule has 2 N–H and O–H groups in total. The number of H-pyrrole nitrogens is 1. The number of thioether (sulfide) groups is 1. The van der Waals surface area contributed by atoms with Crippen LogP contribution in [0.15, 0.2) is 78.2 Å². The first-order chi connectivity index (χ1) is 22.6. The Morgan fingerprint density at radius 1 is 1.08 bits per heavy atom. The predicted octanol–water partition coefficient (Wildman–Crippen LogP) is 5.80. The summed E-state index contributed by atoms with van der Waals surface area (Å²) in [6.45, 7) is -2.68. The van der Waals surface area contributed by atoms with Gasteiger partial charge < -0.3 is 19.7 Å². The molecule has 0 spiro atoms. The molecule has 1 aliphatic heterocycles. The summed E-state index contributed by atoms with van der Waals surface area (Å²) in [4.78, 5) is 16.7. The lowest BCUT2D eigenvalue weighted by Gasteiger charge is -2.26. The molecule has 0 amide bonds. The van der Waals surface area contributed by atoms with E-state index in [9.17, 15) is 22.0 Å². The Labute approximate surface area is 289 Å². The van der Waals surface area contributed by atoms with Crippen LogP contribution in [-0.4, -0.2) is 64.8 Å². The Morgan fingerprint density at radius 3 is 2.46 bits per heavy atom. The number of aromatic nitrogens is 3. The minimum Gasteiger partial charge on any atom is -0.870 e. The number of carbonyl (C=O) groups excluding carboxylic acids is 1. The quantitative estimate of drug-likeness (QED) is 0.155. The number of nitrogens with zero attached hydrogens (tertiary/aromatic N) is 3. The van der Waals surface area contributed by atoms with Crippen molar-refractivity contribution in [3.05, 3.63) is 94.5 Å². The second-order valence-electron chi connectivity index (χ2n) is 10.9. The average molecular weight is 744 g/mol. The molecule has 0 bridgehead atoms. The topological polar surface area (TPSA) is 144 Å². The summed E-state index contributed by atoms with van der Waals surface area (Å²) in [6, 6.07) is 12.2. The highest BCUT2D eigenvalue weighted by atomic mass is 35.5. The molecule has 3 heterocycles. The number of hydrogen-bond donors (Lipinski definition) is 0. The number of carbonyl (C=O) groups is 1. The van der Waals surface area contributed by atoms with Gasteiger partial charge in [0.15, 0.2) is 29.3 Å². The van der Waals surface area contributed by atoms with E-state index in [-0.39, 0.29) is 44.9 Å². The summed E-state index contributed by atoms with van der Waals surface area (Å²) in [7, 11) is -4.10. The highest BCUT2D eigenvalue weighted by molar-refractivity contribution is 8.02. The van der Waals surface area contributed by atoms with Gasteiger partial charge in [-0.25, -0.2) is 22.9 Å². The minimum atomic E-state index is -4.10. The molecule has 2 fully saturated rings. The number of esters is 1. The number of alkyl halides is 2. The van der Waals surface area contributed by atoms with E-state index in [1.807, 2.05) is 0 Å². The Kier molecular flexibility index (Phi) is 11.5. The molecule has 6 rings (SSSR count).